The summed E-state index contributed by atoms with van der Waals surface area (Å²) in [7, 11) is -9.99. The van der Waals surface area contributed by atoms with Crippen LogP contribution < -0.4 is 0 Å². The molecule has 3 N–H and O–H groups in total. The molecule has 5 atom stereocenters. The summed E-state index contributed by atoms with van der Waals surface area (Å²) in [6, 6.07) is 0. The number of allylic oxidation sites excluding steroid dienone is 18. The molecule has 0 saturated heterocycles. The van der Waals surface area contributed by atoms with Gasteiger partial charge in [0.25, 0.3) is 0 Å². The fraction of sp³-hybridized carbons (Fsp3) is 0.735. The Morgan fingerprint density at radius 2 is 0.490 bits per heavy atom. The normalized spacial score (nSPS) is 14.5. The molecule has 0 spiro atoms. The predicted molar refractivity (Wildman–Crippen MR) is 418 cm³/mol. The summed E-state index contributed by atoms with van der Waals surface area (Å²) in [5.74, 6) is -2.30. The van der Waals surface area contributed by atoms with Crippen LogP contribution in [-0.4, -0.2) is 96.7 Å². The summed E-state index contributed by atoms with van der Waals surface area (Å²) in [6.45, 7) is 4.71. The summed E-state index contributed by atoms with van der Waals surface area (Å²) < 4.78 is 68.5. The van der Waals surface area contributed by atoms with Crippen molar-refractivity contribution in [2.24, 2.45) is 0 Å². The number of hydrogen-bond acceptors (Lipinski definition) is 15. The van der Waals surface area contributed by atoms with Crippen molar-refractivity contribution in [3.63, 3.8) is 0 Å². The van der Waals surface area contributed by atoms with Crippen molar-refractivity contribution in [1.82, 2.24) is 0 Å². The lowest BCUT2D eigenvalue weighted by molar-refractivity contribution is -0.161. The SMILES string of the molecule is CCCCC/C=C\C/C=C\C/C=C\C/C=C\CCCC(=O)O[C@H](COC(=O)CCCCCCC/C=C\CCCCCCCC)COP(=O)(O)OC[C@H](O)COP(=O)(O)OC[C@@H](COC(=O)CCCCCCCCCCCCCCC)OC(=O)CCC/C=C\C/C=C\C/C=C\C/C=C\CCCCC. The summed E-state index contributed by atoms with van der Waals surface area (Å²) in [5, 5.41) is 10.6. The number of phosphoric ester groups is 2. The van der Waals surface area contributed by atoms with Gasteiger partial charge in [-0.25, -0.2) is 9.13 Å². The quantitative estimate of drug-likeness (QED) is 0.0169. The molecule has 0 saturated carbocycles. The molecule has 0 aromatic rings. The maximum absolute atomic E-state index is 13.1. The van der Waals surface area contributed by atoms with Crippen LogP contribution in [0, 0.1) is 0 Å². The van der Waals surface area contributed by atoms with Crippen LogP contribution in [0.25, 0.3) is 0 Å². The van der Waals surface area contributed by atoms with Gasteiger partial charge in [-0.05, 0) is 128 Å². The molecule has 0 amide bonds. The van der Waals surface area contributed by atoms with Gasteiger partial charge in [-0.3, -0.25) is 37.3 Å². The third-order valence-electron chi connectivity index (χ3n) is 16.7. The molecule has 0 fully saturated rings. The second-order valence-electron chi connectivity index (χ2n) is 26.7. The van der Waals surface area contributed by atoms with Crippen LogP contribution >= 0.6 is 15.6 Å². The topological polar surface area (TPSA) is 237 Å². The molecule has 102 heavy (non-hydrogen) atoms. The first-order valence-electron chi connectivity index (χ1n) is 40.1. The Bertz CT molecular complexity index is 2360. The predicted octanol–water partition coefficient (Wildman–Crippen LogP) is 23.3. The Labute approximate surface area is 619 Å². The molecular formula is C83H144O17P2. The number of carbonyl (C=O) groups is 4. The van der Waals surface area contributed by atoms with Crippen molar-refractivity contribution in [3.8, 4) is 0 Å². The third kappa shape index (κ3) is 74.0. The Morgan fingerprint density at radius 1 is 0.275 bits per heavy atom. The van der Waals surface area contributed by atoms with E-state index in [0.717, 1.165) is 109 Å². The number of hydrogen-bond donors (Lipinski definition) is 3. The van der Waals surface area contributed by atoms with Gasteiger partial charge >= 0.3 is 39.5 Å². The highest BCUT2D eigenvalue weighted by atomic mass is 31.2. The molecule has 0 rings (SSSR count). The van der Waals surface area contributed by atoms with Gasteiger partial charge in [-0.2, -0.15) is 0 Å². The number of ether oxygens (including phenoxy) is 4. The van der Waals surface area contributed by atoms with E-state index in [4.69, 9.17) is 37.0 Å². The van der Waals surface area contributed by atoms with Crippen molar-refractivity contribution < 1.29 is 80.2 Å². The van der Waals surface area contributed by atoms with Gasteiger partial charge in [-0.15, -0.1) is 0 Å². The molecule has 0 aromatic carbocycles. The lowest BCUT2D eigenvalue weighted by atomic mass is 10.0. The zero-order valence-electron chi connectivity index (χ0n) is 64.3. The molecule has 2 unspecified atom stereocenters. The number of rotatable bonds is 75. The number of phosphoric acid groups is 2. The van der Waals surface area contributed by atoms with Crippen molar-refractivity contribution in [3.05, 3.63) is 109 Å². The van der Waals surface area contributed by atoms with Gasteiger partial charge in [0, 0.05) is 25.7 Å². The van der Waals surface area contributed by atoms with E-state index in [0.29, 0.717) is 38.5 Å². The van der Waals surface area contributed by atoms with E-state index in [-0.39, 0.29) is 25.7 Å². The highest BCUT2D eigenvalue weighted by Gasteiger charge is 2.30. The number of carbonyl (C=O) groups excluding carboxylic acids is 4. The maximum atomic E-state index is 13.1. The van der Waals surface area contributed by atoms with Crippen LogP contribution in [0.15, 0.2) is 109 Å². The Hall–Kier alpha value is -4.28. The molecule has 0 aromatic heterocycles. The van der Waals surface area contributed by atoms with Crippen LogP contribution in [0.4, 0.5) is 0 Å². The summed E-state index contributed by atoms with van der Waals surface area (Å²) in [6.07, 6.45) is 80.8. The van der Waals surface area contributed by atoms with E-state index in [1.54, 1.807) is 0 Å². The molecule has 19 heteroatoms. The van der Waals surface area contributed by atoms with Crippen LogP contribution in [-0.2, 0) is 65.4 Å². The van der Waals surface area contributed by atoms with Gasteiger partial charge in [0.1, 0.15) is 19.3 Å². The van der Waals surface area contributed by atoms with E-state index in [9.17, 15) is 43.2 Å². The van der Waals surface area contributed by atoms with Crippen molar-refractivity contribution >= 4 is 39.5 Å². The maximum Gasteiger partial charge on any atom is 0.472 e. The van der Waals surface area contributed by atoms with Crippen LogP contribution in [0.5, 0.6) is 0 Å². The molecule has 0 heterocycles. The standard InChI is InChI=1S/C83H144O17P2/c1-5-9-13-17-21-25-29-33-36-38-41-45-49-53-57-61-65-69-82(87)99-78(73-93-80(85)67-63-59-55-51-47-43-32-28-24-20-16-12-8-4)75-97-101(89,90)95-71-77(84)72-96-102(91,92)98-76-79(74-94-81(86)68-64-60-56-52-48-44-40-35-31-27-23-19-15-11-7-3)100-83(88)70-66-62-58-54-50-46-42-39-37-34-30-26-22-18-14-10-6-2/h21-22,25-26,33-37,40-42,45-46,53-54,57-58,77-79,84H,5-20,23-24,27-32,38-39,43-44,47-52,55-56,59-76H2,1-4H3,(H,89,90)(H,91,92)/b25-21-,26-22-,36-33-,37-34-,40-35-,45-41-,46-42-,57-53-,58-54-/t77-,78-,79-/m1/s1. The molecular weight excluding hydrogens is 1330 g/mol. The molecule has 588 valence electrons. The first kappa shape index (κ1) is 97.7. The Kier molecular flexibility index (Phi) is 71.8. The first-order valence-corrected chi connectivity index (χ1v) is 43.1. The molecule has 0 aliphatic heterocycles. The van der Waals surface area contributed by atoms with Gasteiger partial charge in [0.05, 0.1) is 26.4 Å². The van der Waals surface area contributed by atoms with E-state index in [1.165, 1.54) is 135 Å². The average molecular weight is 1480 g/mol. The monoisotopic (exact) mass is 1470 g/mol. The van der Waals surface area contributed by atoms with Crippen LogP contribution in [0.3, 0.4) is 0 Å². The van der Waals surface area contributed by atoms with E-state index < -0.39 is 97.5 Å². The summed E-state index contributed by atoms with van der Waals surface area (Å²) in [5.41, 5.74) is 0. The lowest BCUT2D eigenvalue weighted by Gasteiger charge is -2.21. The van der Waals surface area contributed by atoms with Gasteiger partial charge in [0.2, 0.25) is 0 Å². The van der Waals surface area contributed by atoms with E-state index in [2.05, 4.69) is 113 Å². The minimum Gasteiger partial charge on any atom is -0.462 e. The zero-order chi connectivity index (χ0) is 74.6. The Morgan fingerprint density at radius 3 is 0.794 bits per heavy atom. The molecule has 0 aliphatic rings. The van der Waals surface area contributed by atoms with E-state index >= 15 is 0 Å². The fourth-order valence-electron chi connectivity index (χ4n) is 10.6. The van der Waals surface area contributed by atoms with Crippen molar-refractivity contribution in [2.45, 2.75) is 354 Å². The molecule has 17 nitrogen and oxygen atoms in total. The van der Waals surface area contributed by atoms with Gasteiger partial charge in [-0.1, -0.05) is 291 Å². The second kappa shape index (κ2) is 75.0. The smallest absolute Gasteiger partial charge is 0.462 e. The second-order valence-corrected chi connectivity index (χ2v) is 29.6. The number of esters is 4. The molecule has 0 aliphatic carbocycles. The number of aliphatic hydroxyl groups excluding tert-OH is 1. The number of aliphatic hydroxyl groups is 1. The summed E-state index contributed by atoms with van der Waals surface area (Å²) in [4.78, 5) is 72.9. The first-order chi connectivity index (χ1) is 49.7. The third-order valence-corrected chi connectivity index (χ3v) is 18.6. The fourth-order valence-corrected chi connectivity index (χ4v) is 12.1. The van der Waals surface area contributed by atoms with E-state index in [1.807, 2.05) is 24.3 Å². The van der Waals surface area contributed by atoms with Crippen LogP contribution in [0.2, 0.25) is 0 Å². The van der Waals surface area contributed by atoms with Gasteiger partial charge < -0.3 is 33.8 Å². The van der Waals surface area contributed by atoms with Crippen molar-refractivity contribution in [2.75, 3.05) is 39.6 Å². The zero-order valence-corrected chi connectivity index (χ0v) is 66.0. The van der Waals surface area contributed by atoms with Crippen LogP contribution in [0.1, 0.15) is 336 Å². The number of unbranched alkanes of at least 4 members (excludes halogenated alkanes) is 31. The molecule has 0 bridgehead atoms. The lowest BCUT2D eigenvalue weighted by Crippen LogP contribution is -2.30. The minimum absolute atomic E-state index is 0.0158. The molecule has 0 radical (unpaired) electrons. The summed E-state index contributed by atoms with van der Waals surface area (Å²) >= 11 is 0. The van der Waals surface area contributed by atoms with Crippen molar-refractivity contribution in [1.29, 1.82) is 0 Å². The highest BCUT2D eigenvalue weighted by Crippen LogP contribution is 2.45. The van der Waals surface area contributed by atoms with Gasteiger partial charge in [0.15, 0.2) is 12.2 Å². The largest absolute Gasteiger partial charge is 0.472 e. The highest BCUT2D eigenvalue weighted by molar-refractivity contribution is 7.47. The Balaban J connectivity index is 5.46. The average Bonchev–Trinajstić information content (AvgIpc) is 0.966. The minimum atomic E-state index is -5.00.